The molecule has 0 aliphatic carbocycles. The quantitative estimate of drug-likeness (QED) is 0.785. The van der Waals surface area contributed by atoms with Gasteiger partial charge >= 0.3 is 0 Å². The number of aromatic nitrogens is 2. The second kappa shape index (κ2) is 6.51. The summed E-state index contributed by atoms with van der Waals surface area (Å²) in [6, 6.07) is 5.17. The Morgan fingerprint density at radius 2 is 2.35 bits per heavy atom. The zero-order chi connectivity index (χ0) is 14.4. The molecule has 0 radical (unpaired) electrons. The van der Waals surface area contributed by atoms with Crippen LogP contribution in [0.2, 0.25) is 0 Å². The van der Waals surface area contributed by atoms with Gasteiger partial charge in [-0.25, -0.2) is 9.97 Å². The second-order valence-corrected chi connectivity index (χ2v) is 4.12. The molecule has 0 aliphatic heterocycles. The summed E-state index contributed by atoms with van der Waals surface area (Å²) in [5.74, 6) is 1.55. The van der Waals surface area contributed by atoms with Crippen LogP contribution in [0, 0.1) is 6.92 Å². The molecule has 0 saturated carbocycles. The lowest BCUT2D eigenvalue weighted by Gasteiger charge is -2.07. The van der Waals surface area contributed by atoms with Crippen molar-refractivity contribution in [2.24, 2.45) is 0 Å². The van der Waals surface area contributed by atoms with Gasteiger partial charge in [-0.2, -0.15) is 0 Å². The van der Waals surface area contributed by atoms with Crippen LogP contribution in [-0.2, 0) is 6.54 Å². The maximum absolute atomic E-state index is 12.0. The first-order chi connectivity index (χ1) is 9.69. The Hall–Kier alpha value is -2.63. The van der Waals surface area contributed by atoms with E-state index in [4.69, 9.17) is 4.42 Å². The largest absolute Gasteiger partial charge is 0.467 e. The summed E-state index contributed by atoms with van der Waals surface area (Å²) in [4.78, 5) is 20.3. The minimum Gasteiger partial charge on any atom is -0.467 e. The third-order valence-corrected chi connectivity index (χ3v) is 2.50. The molecule has 6 heteroatoms. The Morgan fingerprint density at radius 3 is 3.05 bits per heavy atom. The van der Waals surface area contributed by atoms with E-state index in [0.29, 0.717) is 36.2 Å². The van der Waals surface area contributed by atoms with Crippen LogP contribution in [0.3, 0.4) is 0 Å². The van der Waals surface area contributed by atoms with Crippen LogP contribution in [0.25, 0.3) is 0 Å². The van der Waals surface area contributed by atoms with E-state index in [1.165, 1.54) is 0 Å². The summed E-state index contributed by atoms with van der Waals surface area (Å²) in [7, 11) is 0. The third-order valence-electron chi connectivity index (χ3n) is 2.50. The highest BCUT2D eigenvalue weighted by Gasteiger charge is 2.10. The molecule has 2 rings (SSSR count). The van der Waals surface area contributed by atoms with E-state index in [1.807, 2.05) is 0 Å². The molecule has 104 valence electrons. The van der Waals surface area contributed by atoms with Gasteiger partial charge in [0.05, 0.1) is 12.8 Å². The number of carbonyl (C=O) groups is 1. The molecule has 6 nitrogen and oxygen atoms in total. The number of hydrogen-bond donors (Lipinski definition) is 2. The fourth-order valence-corrected chi connectivity index (χ4v) is 1.62. The molecular formula is C14H16N4O2. The van der Waals surface area contributed by atoms with Crippen LogP contribution in [0.1, 0.15) is 22.1 Å². The number of amides is 1. The summed E-state index contributed by atoms with van der Waals surface area (Å²) in [6.07, 6.45) is 3.28. The van der Waals surface area contributed by atoms with Crippen LogP contribution < -0.4 is 10.6 Å². The third kappa shape index (κ3) is 3.68. The monoisotopic (exact) mass is 272 g/mol. The van der Waals surface area contributed by atoms with Gasteiger partial charge in [0.15, 0.2) is 0 Å². The molecule has 0 atom stereocenters. The van der Waals surface area contributed by atoms with Gasteiger partial charge in [0.1, 0.15) is 23.1 Å². The van der Waals surface area contributed by atoms with Crippen molar-refractivity contribution in [3.63, 3.8) is 0 Å². The SMILES string of the molecule is C=CCNc1cc(C(=O)NCc2ccco2)nc(C)n1. The predicted octanol–water partition coefficient (Wildman–Crippen LogP) is 1.91. The molecular weight excluding hydrogens is 256 g/mol. The highest BCUT2D eigenvalue weighted by Crippen LogP contribution is 2.07. The molecule has 20 heavy (non-hydrogen) atoms. The minimum absolute atomic E-state index is 0.270. The van der Waals surface area contributed by atoms with Crippen molar-refractivity contribution in [3.05, 3.63) is 54.4 Å². The number of anilines is 1. The zero-order valence-corrected chi connectivity index (χ0v) is 11.2. The Morgan fingerprint density at radius 1 is 1.50 bits per heavy atom. The van der Waals surface area contributed by atoms with Gasteiger partial charge < -0.3 is 15.1 Å². The van der Waals surface area contributed by atoms with E-state index in [-0.39, 0.29) is 5.91 Å². The first-order valence-corrected chi connectivity index (χ1v) is 6.20. The summed E-state index contributed by atoms with van der Waals surface area (Å²) in [6.45, 7) is 6.25. The van der Waals surface area contributed by atoms with Gasteiger partial charge in [-0.15, -0.1) is 6.58 Å². The van der Waals surface area contributed by atoms with E-state index in [9.17, 15) is 4.79 Å². The maximum Gasteiger partial charge on any atom is 0.270 e. The molecule has 0 fully saturated rings. The van der Waals surface area contributed by atoms with E-state index in [0.717, 1.165) is 0 Å². The molecule has 2 heterocycles. The highest BCUT2D eigenvalue weighted by atomic mass is 16.3. The molecule has 0 aromatic carbocycles. The van der Waals surface area contributed by atoms with Crippen LogP contribution in [-0.4, -0.2) is 22.4 Å². The normalized spacial score (nSPS) is 10.1. The lowest BCUT2D eigenvalue weighted by molar-refractivity contribution is 0.0942. The number of nitrogens with one attached hydrogen (secondary N) is 2. The molecule has 2 aromatic rings. The van der Waals surface area contributed by atoms with Crippen LogP contribution >= 0.6 is 0 Å². The van der Waals surface area contributed by atoms with E-state index < -0.39 is 0 Å². The zero-order valence-electron chi connectivity index (χ0n) is 11.2. The lowest BCUT2D eigenvalue weighted by Crippen LogP contribution is -2.24. The minimum atomic E-state index is -0.270. The molecule has 0 saturated heterocycles. The first-order valence-electron chi connectivity index (χ1n) is 6.20. The van der Waals surface area contributed by atoms with Crippen LogP contribution in [0.15, 0.2) is 41.5 Å². The molecule has 2 aromatic heterocycles. The topological polar surface area (TPSA) is 80.0 Å². The van der Waals surface area contributed by atoms with Crippen LogP contribution in [0.5, 0.6) is 0 Å². The molecule has 2 N–H and O–H groups in total. The number of furan rings is 1. The Kier molecular flexibility index (Phi) is 4.49. The highest BCUT2D eigenvalue weighted by molar-refractivity contribution is 5.92. The average molecular weight is 272 g/mol. The molecule has 0 bridgehead atoms. The number of rotatable bonds is 6. The molecule has 0 spiro atoms. The van der Waals surface area contributed by atoms with E-state index in [1.54, 1.807) is 37.5 Å². The molecule has 0 aliphatic rings. The van der Waals surface area contributed by atoms with E-state index in [2.05, 4.69) is 27.2 Å². The van der Waals surface area contributed by atoms with Gasteiger partial charge in [-0.1, -0.05) is 6.08 Å². The number of nitrogens with zero attached hydrogens (tertiary/aromatic N) is 2. The lowest BCUT2D eigenvalue weighted by atomic mass is 10.3. The Balaban J connectivity index is 2.04. The smallest absolute Gasteiger partial charge is 0.270 e. The summed E-state index contributed by atoms with van der Waals surface area (Å²) in [5.41, 5.74) is 0.315. The van der Waals surface area contributed by atoms with Gasteiger partial charge in [0, 0.05) is 12.6 Å². The summed E-state index contributed by atoms with van der Waals surface area (Å²) >= 11 is 0. The summed E-state index contributed by atoms with van der Waals surface area (Å²) in [5, 5.41) is 5.77. The molecule has 1 amide bonds. The number of hydrogen-bond acceptors (Lipinski definition) is 5. The van der Waals surface area contributed by atoms with Gasteiger partial charge in [0.2, 0.25) is 0 Å². The van der Waals surface area contributed by atoms with Crippen molar-refractivity contribution < 1.29 is 9.21 Å². The summed E-state index contributed by atoms with van der Waals surface area (Å²) < 4.78 is 5.15. The Labute approximate surface area is 116 Å². The predicted molar refractivity (Wildman–Crippen MR) is 75.3 cm³/mol. The van der Waals surface area contributed by atoms with Crippen molar-refractivity contribution in [2.45, 2.75) is 13.5 Å². The number of aryl methyl sites for hydroxylation is 1. The van der Waals surface area contributed by atoms with Crippen molar-refractivity contribution in [2.75, 3.05) is 11.9 Å². The van der Waals surface area contributed by atoms with Crippen molar-refractivity contribution in [3.8, 4) is 0 Å². The maximum atomic E-state index is 12.0. The van der Waals surface area contributed by atoms with Gasteiger partial charge in [-0.05, 0) is 19.1 Å². The van der Waals surface area contributed by atoms with Gasteiger partial charge in [-0.3, -0.25) is 4.79 Å². The first kappa shape index (κ1) is 13.8. The van der Waals surface area contributed by atoms with Crippen molar-refractivity contribution in [1.82, 2.24) is 15.3 Å². The number of carbonyl (C=O) groups excluding carboxylic acids is 1. The van der Waals surface area contributed by atoms with Gasteiger partial charge in [0.25, 0.3) is 5.91 Å². The van der Waals surface area contributed by atoms with E-state index >= 15 is 0 Å². The van der Waals surface area contributed by atoms with Crippen LogP contribution in [0.4, 0.5) is 5.82 Å². The fraction of sp³-hybridized carbons (Fsp3) is 0.214. The molecule has 0 unspecified atom stereocenters. The average Bonchev–Trinajstić information content (AvgIpc) is 2.95. The standard InChI is InChI=1S/C14H16N4O2/c1-3-6-15-13-8-12(17-10(2)18-13)14(19)16-9-11-5-4-7-20-11/h3-5,7-8H,1,6,9H2,2H3,(H,16,19)(H,15,17,18). The second-order valence-electron chi connectivity index (χ2n) is 4.12. The Bertz CT molecular complexity index is 593. The fourth-order valence-electron chi connectivity index (χ4n) is 1.62. The van der Waals surface area contributed by atoms with Crippen molar-refractivity contribution in [1.29, 1.82) is 0 Å². The van der Waals surface area contributed by atoms with Crippen molar-refractivity contribution >= 4 is 11.7 Å².